The van der Waals surface area contributed by atoms with Crippen molar-refractivity contribution in [1.82, 2.24) is 5.32 Å². The molecule has 19 heavy (non-hydrogen) atoms. The summed E-state index contributed by atoms with van der Waals surface area (Å²) in [4.78, 5) is 0. The van der Waals surface area contributed by atoms with E-state index in [2.05, 4.69) is 18.3 Å². The fourth-order valence-electron chi connectivity index (χ4n) is 2.16. The maximum Gasteiger partial charge on any atom is 0.165 e. The van der Waals surface area contributed by atoms with E-state index in [0.29, 0.717) is 19.1 Å². The molecule has 2 rings (SSSR count). The van der Waals surface area contributed by atoms with Crippen molar-refractivity contribution in [1.29, 1.82) is 0 Å². The van der Waals surface area contributed by atoms with Crippen molar-refractivity contribution in [2.75, 3.05) is 26.4 Å². The molecule has 4 heteroatoms. The molecule has 2 N–H and O–H groups in total. The third-order valence-corrected chi connectivity index (χ3v) is 3.33. The highest BCUT2D eigenvalue weighted by atomic mass is 16.6. The lowest BCUT2D eigenvalue weighted by Gasteiger charge is -2.21. The molecule has 0 spiro atoms. The molecule has 0 radical (unpaired) electrons. The van der Waals surface area contributed by atoms with E-state index in [9.17, 15) is 0 Å². The summed E-state index contributed by atoms with van der Waals surface area (Å²) in [7, 11) is 0. The number of nitrogens with one attached hydrogen (secondary N) is 1. The van der Waals surface area contributed by atoms with E-state index in [1.54, 1.807) is 0 Å². The predicted molar refractivity (Wildman–Crippen MR) is 74.6 cm³/mol. The zero-order valence-corrected chi connectivity index (χ0v) is 11.5. The smallest absolute Gasteiger partial charge is 0.165 e. The van der Waals surface area contributed by atoms with Crippen molar-refractivity contribution in [3.63, 3.8) is 0 Å². The zero-order chi connectivity index (χ0) is 13.5. The van der Waals surface area contributed by atoms with Gasteiger partial charge in [-0.1, -0.05) is 19.1 Å². The fraction of sp³-hybridized carbons (Fsp3) is 0.600. The first-order chi connectivity index (χ1) is 9.31. The Balaban J connectivity index is 1.77. The van der Waals surface area contributed by atoms with Gasteiger partial charge in [0, 0.05) is 18.7 Å². The van der Waals surface area contributed by atoms with E-state index in [-0.39, 0.29) is 6.61 Å². The maximum atomic E-state index is 8.95. The Bertz CT molecular complexity index is 395. The van der Waals surface area contributed by atoms with E-state index in [4.69, 9.17) is 14.6 Å². The molecule has 1 heterocycles. The van der Waals surface area contributed by atoms with Gasteiger partial charge >= 0.3 is 0 Å². The summed E-state index contributed by atoms with van der Waals surface area (Å²) in [6.07, 6.45) is 2.13. The van der Waals surface area contributed by atoms with Crippen molar-refractivity contribution in [3.8, 4) is 11.5 Å². The van der Waals surface area contributed by atoms with Gasteiger partial charge < -0.3 is 19.9 Å². The van der Waals surface area contributed by atoms with E-state index >= 15 is 0 Å². The Hall–Kier alpha value is -1.26. The van der Waals surface area contributed by atoms with Crippen LogP contribution in [0.4, 0.5) is 0 Å². The summed E-state index contributed by atoms with van der Waals surface area (Å²) in [5.74, 6) is 2.12. The summed E-state index contributed by atoms with van der Waals surface area (Å²) in [5.41, 5.74) is 1.15. The van der Waals surface area contributed by atoms with Gasteiger partial charge in [-0.25, -0.2) is 0 Å². The fourth-order valence-corrected chi connectivity index (χ4v) is 2.16. The average Bonchev–Trinajstić information content (AvgIpc) is 2.46. The van der Waals surface area contributed by atoms with Crippen molar-refractivity contribution < 1.29 is 14.6 Å². The van der Waals surface area contributed by atoms with E-state index in [1.165, 1.54) is 0 Å². The monoisotopic (exact) mass is 265 g/mol. The second kappa shape index (κ2) is 7.36. The average molecular weight is 265 g/mol. The summed E-state index contributed by atoms with van der Waals surface area (Å²) in [6, 6.07) is 6.01. The van der Waals surface area contributed by atoms with Crippen LogP contribution in [0.25, 0.3) is 0 Å². The number of para-hydroxylation sites is 1. The van der Waals surface area contributed by atoms with Gasteiger partial charge in [0.25, 0.3) is 0 Å². The van der Waals surface area contributed by atoms with Gasteiger partial charge in [-0.2, -0.15) is 0 Å². The van der Waals surface area contributed by atoms with Crippen LogP contribution in [0.2, 0.25) is 0 Å². The van der Waals surface area contributed by atoms with Crippen LogP contribution in [0.1, 0.15) is 25.3 Å². The molecule has 1 unspecified atom stereocenters. The number of hydrogen-bond acceptors (Lipinski definition) is 4. The van der Waals surface area contributed by atoms with Crippen LogP contribution < -0.4 is 14.8 Å². The normalized spacial score (nSPS) is 15.3. The number of fused-ring (bicyclic) bond motifs is 1. The van der Waals surface area contributed by atoms with Crippen LogP contribution in [0.5, 0.6) is 11.5 Å². The van der Waals surface area contributed by atoms with Crippen LogP contribution in [-0.2, 0) is 6.54 Å². The van der Waals surface area contributed by atoms with E-state index in [0.717, 1.165) is 43.0 Å². The third kappa shape index (κ3) is 4.11. The van der Waals surface area contributed by atoms with E-state index < -0.39 is 0 Å². The molecular formula is C15H23NO3. The van der Waals surface area contributed by atoms with Crippen LogP contribution in [0.3, 0.4) is 0 Å². The highest BCUT2D eigenvalue weighted by Gasteiger charge is 2.14. The van der Waals surface area contributed by atoms with Crippen molar-refractivity contribution in [2.45, 2.75) is 26.3 Å². The SMILES string of the molecule is CC(CO)CCCNCc1cccc2c1OCCO2. The van der Waals surface area contributed by atoms with Gasteiger partial charge in [-0.3, -0.25) is 0 Å². The Kier molecular flexibility index (Phi) is 5.48. The highest BCUT2D eigenvalue weighted by Crippen LogP contribution is 2.33. The highest BCUT2D eigenvalue weighted by molar-refractivity contribution is 5.47. The molecule has 0 bridgehead atoms. The van der Waals surface area contributed by atoms with Gasteiger partial charge in [-0.15, -0.1) is 0 Å². The largest absolute Gasteiger partial charge is 0.486 e. The maximum absolute atomic E-state index is 8.95. The first-order valence-electron chi connectivity index (χ1n) is 7.00. The summed E-state index contributed by atoms with van der Waals surface area (Å²) < 4.78 is 11.2. The number of ether oxygens (including phenoxy) is 2. The second-order valence-electron chi connectivity index (χ2n) is 5.05. The Morgan fingerprint density at radius 1 is 1.32 bits per heavy atom. The molecule has 1 aromatic carbocycles. The van der Waals surface area contributed by atoms with Gasteiger partial charge in [0.1, 0.15) is 13.2 Å². The lowest BCUT2D eigenvalue weighted by Crippen LogP contribution is -2.20. The second-order valence-corrected chi connectivity index (χ2v) is 5.05. The lowest BCUT2D eigenvalue weighted by atomic mass is 10.1. The summed E-state index contributed by atoms with van der Waals surface area (Å²) in [5, 5.41) is 12.4. The first kappa shape index (κ1) is 14.2. The van der Waals surface area contributed by atoms with Crippen LogP contribution in [0.15, 0.2) is 18.2 Å². The minimum atomic E-state index is 0.275. The van der Waals surface area contributed by atoms with Gasteiger partial charge in [0.15, 0.2) is 11.5 Å². The number of hydrogen-bond donors (Lipinski definition) is 2. The quantitative estimate of drug-likeness (QED) is 0.740. The summed E-state index contributed by atoms with van der Waals surface area (Å²) >= 11 is 0. The van der Waals surface area contributed by atoms with Gasteiger partial charge in [-0.05, 0) is 31.4 Å². The predicted octanol–water partition coefficient (Wildman–Crippen LogP) is 1.96. The molecule has 4 nitrogen and oxygen atoms in total. The molecule has 0 saturated carbocycles. The Labute approximate surface area is 114 Å². The topological polar surface area (TPSA) is 50.7 Å². The minimum Gasteiger partial charge on any atom is -0.486 e. The molecular weight excluding hydrogens is 242 g/mol. The zero-order valence-electron chi connectivity index (χ0n) is 11.5. The Morgan fingerprint density at radius 2 is 2.16 bits per heavy atom. The van der Waals surface area contributed by atoms with Crippen LogP contribution in [0, 0.1) is 5.92 Å². The molecule has 0 fully saturated rings. The number of rotatable bonds is 7. The number of aliphatic hydroxyl groups is 1. The van der Waals surface area contributed by atoms with Crippen molar-refractivity contribution in [3.05, 3.63) is 23.8 Å². The first-order valence-corrected chi connectivity index (χ1v) is 7.00. The molecule has 0 aromatic heterocycles. The van der Waals surface area contributed by atoms with Crippen LogP contribution >= 0.6 is 0 Å². The minimum absolute atomic E-state index is 0.275. The van der Waals surface area contributed by atoms with Crippen molar-refractivity contribution in [2.24, 2.45) is 5.92 Å². The molecule has 106 valence electrons. The number of aliphatic hydroxyl groups excluding tert-OH is 1. The molecule has 1 aliphatic rings. The van der Waals surface area contributed by atoms with Crippen molar-refractivity contribution >= 4 is 0 Å². The molecule has 0 amide bonds. The molecule has 1 aliphatic heterocycles. The lowest BCUT2D eigenvalue weighted by molar-refractivity contribution is 0.169. The molecule has 0 aliphatic carbocycles. The molecule has 0 saturated heterocycles. The number of benzene rings is 1. The standard InChI is InChI=1S/C15H23NO3/c1-12(11-17)4-3-7-16-10-13-5-2-6-14-15(13)19-9-8-18-14/h2,5-6,12,16-17H,3-4,7-11H2,1H3. The summed E-state index contributed by atoms with van der Waals surface area (Å²) in [6.45, 7) is 5.34. The molecule has 1 atom stereocenters. The molecule has 1 aromatic rings. The van der Waals surface area contributed by atoms with Crippen LogP contribution in [-0.4, -0.2) is 31.5 Å². The third-order valence-electron chi connectivity index (χ3n) is 3.33. The Morgan fingerprint density at radius 3 is 3.00 bits per heavy atom. The van der Waals surface area contributed by atoms with E-state index in [1.807, 2.05) is 12.1 Å². The van der Waals surface area contributed by atoms with Gasteiger partial charge in [0.2, 0.25) is 0 Å². The van der Waals surface area contributed by atoms with Gasteiger partial charge in [0.05, 0.1) is 0 Å².